The van der Waals surface area contributed by atoms with Crippen LogP contribution in [-0.4, -0.2) is 32.9 Å². The molecule has 0 bridgehead atoms. The molecule has 2 aromatic heterocycles. The summed E-state index contributed by atoms with van der Waals surface area (Å²) in [5.41, 5.74) is 2.15. The van der Waals surface area contributed by atoms with Crippen LogP contribution < -0.4 is 10.6 Å². The highest BCUT2D eigenvalue weighted by atomic mass is 16.5. The number of benzene rings is 1. The van der Waals surface area contributed by atoms with Crippen LogP contribution in [0.25, 0.3) is 5.69 Å². The van der Waals surface area contributed by atoms with Crippen molar-refractivity contribution in [3.8, 4) is 5.69 Å². The van der Waals surface area contributed by atoms with Gasteiger partial charge in [0.15, 0.2) is 11.8 Å². The van der Waals surface area contributed by atoms with Crippen LogP contribution in [0.15, 0.2) is 52.2 Å². The molecule has 0 radical (unpaired) electrons. The van der Waals surface area contributed by atoms with Crippen LogP contribution in [0.5, 0.6) is 0 Å². The zero-order valence-corrected chi connectivity index (χ0v) is 14.5. The molecule has 0 unspecified atom stereocenters. The van der Waals surface area contributed by atoms with Gasteiger partial charge >= 0.3 is 0 Å². The fourth-order valence-corrected chi connectivity index (χ4v) is 2.42. The number of aromatic nitrogens is 4. The van der Waals surface area contributed by atoms with Gasteiger partial charge in [-0.1, -0.05) is 17.3 Å². The highest BCUT2D eigenvalue weighted by molar-refractivity contribution is 5.80. The van der Waals surface area contributed by atoms with Gasteiger partial charge in [-0.25, -0.2) is 4.68 Å². The van der Waals surface area contributed by atoms with Gasteiger partial charge in [-0.15, -0.1) is 0 Å². The molecule has 0 fully saturated rings. The van der Waals surface area contributed by atoms with Gasteiger partial charge in [0.1, 0.15) is 0 Å². The van der Waals surface area contributed by atoms with E-state index >= 15 is 0 Å². The van der Waals surface area contributed by atoms with E-state index in [2.05, 4.69) is 49.9 Å². The minimum Gasteiger partial charge on any atom is -0.350 e. The Bertz CT molecular complexity index is 838. The van der Waals surface area contributed by atoms with Crippen molar-refractivity contribution in [2.75, 3.05) is 7.05 Å². The van der Waals surface area contributed by atoms with Crippen LogP contribution in [0.3, 0.4) is 0 Å². The second-order valence-corrected chi connectivity index (χ2v) is 5.57. The van der Waals surface area contributed by atoms with E-state index in [0.29, 0.717) is 24.2 Å². The molecular weight excluding hydrogens is 318 g/mol. The highest BCUT2D eigenvalue weighted by Gasteiger charge is 2.10. The van der Waals surface area contributed by atoms with Crippen molar-refractivity contribution in [1.29, 1.82) is 0 Å². The summed E-state index contributed by atoms with van der Waals surface area (Å²) < 4.78 is 6.79. The van der Waals surface area contributed by atoms with Crippen LogP contribution in [0.2, 0.25) is 0 Å². The molecule has 0 saturated carbocycles. The lowest BCUT2D eigenvalue weighted by atomic mass is 10.1. The van der Waals surface area contributed by atoms with Gasteiger partial charge in [-0.05, 0) is 30.7 Å². The average Bonchev–Trinajstić information content (AvgIpc) is 3.30. The lowest BCUT2D eigenvalue weighted by Gasteiger charge is -2.18. The van der Waals surface area contributed by atoms with Crippen molar-refractivity contribution < 1.29 is 4.52 Å². The van der Waals surface area contributed by atoms with Gasteiger partial charge in [-0.3, -0.25) is 4.99 Å². The maximum atomic E-state index is 4.96. The molecule has 2 N–H and O–H groups in total. The maximum absolute atomic E-state index is 4.96. The van der Waals surface area contributed by atoms with E-state index in [4.69, 9.17) is 4.52 Å². The molecule has 130 valence electrons. The zero-order chi connectivity index (χ0) is 17.6. The Labute approximate surface area is 146 Å². The number of hydrogen-bond acceptors (Lipinski definition) is 5. The Morgan fingerprint density at radius 1 is 1.36 bits per heavy atom. The van der Waals surface area contributed by atoms with Crippen LogP contribution in [-0.2, 0) is 6.54 Å². The molecule has 8 heteroatoms. The van der Waals surface area contributed by atoms with Crippen molar-refractivity contribution in [2.24, 2.45) is 4.99 Å². The zero-order valence-electron chi connectivity index (χ0n) is 14.5. The summed E-state index contributed by atoms with van der Waals surface area (Å²) in [6.07, 6.45) is 3.68. The fourth-order valence-electron chi connectivity index (χ4n) is 2.42. The first kappa shape index (κ1) is 16.7. The standard InChI is InChI=1S/C17H21N7O/c1-12(14-6-4-7-15(10-14)24-9-5-8-20-24)21-17(18-3)19-11-16-22-13(2)25-23-16/h4-10,12H,11H2,1-3H3,(H2,18,19,21)/t12-/m0/s1. The van der Waals surface area contributed by atoms with Crippen molar-refractivity contribution in [2.45, 2.75) is 26.4 Å². The molecule has 0 saturated heterocycles. The molecule has 0 aliphatic rings. The molecule has 0 aliphatic carbocycles. The smallest absolute Gasteiger partial charge is 0.223 e. The van der Waals surface area contributed by atoms with Gasteiger partial charge < -0.3 is 15.2 Å². The Kier molecular flexibility index (Phi) is 5.08. The van der Waals surface area contributed by atoms with Crippen LogP contribution in [0.1, 0.15) is 30.2 Å². The molecule has 8 nitrogen and oxygen atoms in total. The molecule has 3 aromatic rings. The average molecular weight is 339 g/mol. The topological polar surface area (TPSA) is 93.2 Å². The van der Waals surface area contributed by atoms with E-state index in [1.807, 2.05) is 29.1 Å². The number of aliphatic imine (C=N–C) groups is 1. The number of nitrogens with one attached hydrogen (secondary N) is 2. The number of nitrogens with zero attached hydrogens (tertiary/aromatic N) is 5. The Morgan fingerprint density at radius 2 is 2.24 bits per heavy atom. The lowest BCUT2D eigenvalue weighted by Crippen LogP contribution is -2.38. The molecule has 0 amide bonds. The Morgan fingerprint density at radius 3 is 2.92 bits per heavy atom. The van der Waals surface area contributed by atoms with Gasteiger partial charge in [0.05, 0.1) is 18.3 Å². The highest BCUT2D eigenvalue weighted by Crippen LogP contribution is 2.16. The maximum Gasteiger partial charge on any atom is 0.223 e. The summed E-state index contributed by atoms with van der Waals surface area (Å²) in [6.45, 7) is 4.28. The minimum atomic E-state index is 0.0636. The van der Waals surface area contributed by atoms with E-state index in [1.165, 1.54) is 0 Å². The van der Waals surface area contributed by atoms with E-state index in [9.17, 15) is 0 Å². The van der Waals surface area contributed by atoms with Crippen molar-refractivity contribution in [1.82, 2.24) is 30.6 Å². The third-order valence-corrected chi connectivity index (χ3v) is 3.70. The first-order valence-electron chi connectivity index (χ1n) is 8.02. The van der Waals surface area contributed by atoms with Gasteiger partial charge in [0, 0.05) is 26.4 Å². The summed E-state index contributed by atoms with van der Waals surface area (Å²) in [6, 6.07) is 10.2. The van der Waals surface area contributed by atoms with Crippen molar-refractivity contribution >= 4 is 5.96 Å². The number of hydrogen-bond donors (Lipinski definition) is 2. The molecule has 25 heavy (non-hydrogen) atoms. The molecule has 0 aliphatic heterocycles. The van der Waals surface area contributed by atoms with E-state index in [1.54, 1.807) is 20.2 Å². The van der Waals surface area contributed by atoms with E-state index in [-0.39, 0.29) is 6.04 Å². The largest absolute Gasteiger partial charge is 0.350 e. The van der Waals surface area contributed by atoms with Gasteiger partial charge in [-0.2, -0.15) is 10.1 Å². The van der Waals surface area contributed by atoms with E-state index in [0.717, 1.165) is 11.3 Å². The van der Waals surface area contributed by atoms with Gasteiger partial charge in [0.25, 0.3) is 0 Å². The normalized spacial score (nSPS) is 12.8. The molecule has 2 heterocycles. The second-order valence-electron chi connectivity index (χ2n) is 5.57. The molecule has 1 atom stereocenters. The fraction of sp³-hybridized carbons (Fsp3) is 0.294. The van der Waals surface area contributed by atoms with E-state index < -0.39 is 0 Å². The predicted molar refractivity (Wildman–Crippen MR) is 94.3 cm³/mol. The first-order valence-corrected chi connectivity index (χ1v) is 8.02. The third-order valence-electron chi connectivity index (χ3n) is 3.70. The molecule has 1 aromatic carbocycles. The number of guanidine groups is 1. The first-order chi connectivity index (χ1) is 12.2. The summed E-state index contributed by atoms with van der Waals surface area (Å²) in [5, 5.41) is 14.7. The Balaban J connectivity index is 1.64. The van der Waals surface area contributed by atoms with Crippen molar-refractivity contribution in [3.05, 3.63) is 60.0 Å². The summed E-state index contributed by atoms with van der Waals surface area (Å²) in [5.74, 6) is 1.80. The van der Waals surface area contributed by atoms with Crippen LogP contribution in [0, 0.1) is 6.92 Å². The van der Waals surface area contributed by atoms with Crippen LogP contribution in [0.4, 0.5) is 0 Å². The second kappa shape index (κ2) is 7.61. The summed E-state index contributed by atoms with van der Waals surface area (Å²) in [7, 11) is 1.73. The molecule has 0 spiro atoms. The van der Waals surface area contributed by atoms with Crippen LogP contribution >= 0.6 is 0 Å². The lowest BCUT2D eigenvalue weighted by molar-refractivity contribution is 0.386. The molecular formula is C17H21N7O. The third kappa shape index (κ3) is 4.23. The SMILES string of the molecule is CN=C(NCc1noc(C)n1)N[C@@H](C)c1cccc(-n2cccn2)c1. The summed E-state index contributed by atoms with van der Waals surface area (Å²) >= 11 is 0. The van der Waals surface area contributed by atoms with Crippen molar-refractivity contribution in [3.63, 3.8) is 0 Å². The minimum absolute atomic E-state index is 0.0636. The Hall–Kier alpha value is -3.16. The molecule has 3 rings (SSSR count). The summed E-state index contributed by atoms with van der Waals surface area (Å²) in [4.78, 5) is 8.40. The number of aryl methyl sites for hydroxylation is 1. The monoisotopic (exact) mass is 339 g/mol. The predicted octanol–water partition coefficient (Wildman–Crippen LogP) is 1.99. The number of rotatable bonds is 5. The quantitative estimate of drug-likeness (QED) is 0.545. The van der Waals surface area contributed by atoms with Gasteiger partial charge in [0.2, 0.25) is 5.89 Å².